The largest absolute Gasteiger partial charge is 0.370 e. The van der Waals surface area contributed by atoms with E-state index >= 15 is 0 Å². The molecule has 1 aromatic heterocycles. The molecule has 0 bridgehead atoms. The number of carbonyl (C=O) groups excluding carboxylic acids is 1. The lowest BCUT2D eigenvalue weighted by molar-refractivity contribution is 0.0682. The van der Waals surface area contributed by atoms with Crippen molar-refractivity contribution in [2.45, 2.75) is 24.9 Å². The summed E-state index contributed by atoms with van der Waals surface area (Å²) >= 11 is 6.88. The van der Waals surface area contributed by atoms with Crippen molar-refractivity contribution >= 4 is 43.7 Å². The number of nitrogens with two attached hydrogens (primary N) is 2. The number of aliphatic imine (C=N–C) groups is 1. The lowest BCUT2D eigenvalue weighted by Crippen LogP contribution is -2.44. The number of guanidine groups is 1. The molecule has 0 radical (unpaired) electrons. The third kappa shape index (κ3) is 1.88. The lowest BCUT2D eigenvalue weighted by atomic mass is 9.94. The number of halogens is 2. The van der Waals surface area contributed by atoms with Gasteiger partial charge in [0.15, 0.2) is 5.96 Å². The standard InChI is InChI=1S/C11H13Br2N5O/c12-6-5-7(17-11(14)15)4-2-1-3-18(4)10(19)8(5)16-9(6)13/h4,7,16H,1-3H2,(H4,14,15,17)/t4-,7-/m1/s1. The first kappa shape index (κ1) is 13.0. The highest BCUT2D eigenvalue weighted by Crippen LogP contribution is 2.44. The number of hydrogen-bond acceptors (Lipinski definition) is 2. The summed E-state index contributed by atoms with van der Waals surface area (Å²) in [6, 6.07) is -0.168. The highest BCUT2D eigenvalue weighted by atomic mass is 79.9. The first-order valence-corrected chi connectivity index (χ1v) is 7.56. The normalized spacial score (nSPS) is 25.2. The third-order valence-corrected chi connectivity index (χ3v) is 5.61. The maximum absolute atomic E-state index is 12.4. The van der Waals surface area contributed by atoms with Crippen LogP contribution in [0, 0.1) is 0 Å². The van der Waals surface area contributed by atoms with Crippen molar-refractivity contribution in [3.8, 4) is 0 Å². The van der Waals surface area contributed by atoms with Gasteiger partial charge in [0, 0.05) is 12.1 Å². The number of fused-ring (bicyclic) bond motifs is 2. The molecular weight excluding hydrogens is 378 g/mol. The van der Waals surface area contributed by atoms with Crippen LogP contribution in [-0.4, -0.2) is 34.3 Å². The molecule has 2 aliphatic rings. The van der Waals surface area contributed by atoms with Crippen molar-refractivity contribution in [2.75, 3.05) is 6.54 Å². The number of carbonyl (C=O) groups is 1. The third-order valence-electron chi connectivity index (χ3n) is 3.66. The number of aromatic amines is 1. The van der Waals surface area contributed by atoms with E-state index in [0.29, 0.717) is 5.69 Å². The molecule has 0 saturated carbocycles. The van der Waals surface area contributed by atoms with Crippen molar-refractivity contribution in [1.29, 1.82) is 0 Å². The number of aromatic nitrogens is 1. The second-order valence-electron chi connectivity index (χ2n) is 4.75. The summed E-state index contributed by atoms with van der Waals surface area (Å²) in [5.41, 5.74) is 12.5. The van der Waals surface area contributed by atoms with E-state index in [1.807, 2.05) is 4.90 Å². The fourth-order valence-electron chi connectivity index (χ4n) is 2.93. The average Bonchev–Trinajstić information content (AvgIpc) is 2.92. The fourth-order valence-corrected chi connectivity index (χ4v) is 3.87. The van der Waals surface area contributed by atoms with Crippen molar-refractivity contribution in [3.05, 3.63) is 20.3 Å². The van der Waals surface area contributed by atoms with E-state index < -0.39 is 0 Å². The van der Waals surface area contributed by atoms with Crippen LogP contribution in [0.5, 0.6) is 0 Å². The Hall–Kier alpha value is -1.02. The second-order valence-corrected chi connectivity index (χ2v) is 6.33. The Balaban J connectivity index is 2.19. The summed E-state index contributed by atoms with van der Waals surface area (Å²) in [6.07, 6.45) is 1.90. The van der Waals surface area contributed by atoms with Crippen LogP contribution in [0.2, 0.25) is 0 Å². The predicted molar refractivity (Wildman–Crippen MR) is 78.8 cm³/mol. The van der Waals surface area contributed by atoms with Gasteiger partial charge >= 0.3 is 0 Å². The van der Waals surface area contributed by atoms with E-state index in [1.165, 1.54) is 0 Å². The molecule has 19 heavy (non-hydrogen) atoms. The Kier molecular flexibility index (Phi) is 3.09. The van der Waals surface area contributed by atoms with Gasteiger partial charge < -0.3 is 21.4 Å². The van der Waals surface area contributed by atoms with Gasteiger partial charge in [-0.1, -0.05) is 0 Å². The number of nitrogens with zero attached hydrogens (tertiary/aromatic N) is 2. The maximum Gasteiger partial charge on any atom is 0.271 e. The van der Waals surface area contributed by atoms with Crippen molar-refractivity contribution in [1.82, 2.24) is 9.88 Å². The van der Waals surface area contributed by atoms with Crippen LogP contribution >= 0.6 is 31.9 Å². The van der Waals surface area contributed by atoms with Gasteiger partial charge in [0.05, 0.1) is 15.1 Å². The number of amides is 1. The van der Waals surface area contributed by atoms with Crippen LogP contribution in [0.25, 0.3) is 0 Å². The minimum Gasteiger partial charge on any atom is -0.370 e. The minimum absolute atomic E-state index is 0.0194. The van der Waals surface area contributed by atoms with Crippen LogP contribution < -0.4 is 11.5 Å². The summed E-state index contributed by atoms with van der Waals surface area (Å²) in [5, 5.41) is 0. The van der Waals surface area contributed by atoms with Crippen LogP contribution in [0.1, 0.15) is 34.9 Å². The first-order chi connectivity index (χ1) is 9.00. The Morgan fingerprint density at radius 2 is 2.16 bits per heavy atom. The van der Waals surface area contributed by atoms with Crippen LogP contribution in [0.3, 0.4) is 0 Å². The highest BCUT2D eigenvalue weighted by Gasteiger charge is 2.45. The molecule has 1 saturated heterocycles. The molecule has 2 atom stereocenters. The molecule has 0 spiro atoms. The monoisotopic (exact) mass is 389 g/mol. The SMILES string of the molecule is NC(N)=N[C@H]1c2c([nH]c(Br)c2Br)C(=O)N2CCC[C@H]12. The van der Waals surface area contributed by atoms with Gasteiger partial charge in [-0.05, 0) is 44.7 Å². The van der Waals surface area contributed by atoms with Gasteiger partial charge in [-0.15, -0.1) is 0 Å². The van der Waals surface area contributed by atoms with Crippen molar-refractivity contribution < 1.29 is 4.79 Å². The van der Waals surface area contributed by atoms with Gasteiger partial charge in [0.25, 0.3) is 5.91 Å². The zero-order valence-electron chi connectivity index (χ0n) is 9.99. The quantitative estimate of drug-likeness (QED) is 0.500. The molecule has 8 heteroatoms. The van der Waals surface area contributed by atoms with Crippen LogP contribution in [0.15, 0.2) is 14.1 Å². The molecule has 0 unspecified atom stereocenters. The summed E-state index contributed by atoms with van der Waals surface area (Å²) in [5.74, 6) is 0.0623. The van der Waals surface area contributed by atoms with Crippen LogP contribution in [-0.2, 0) is 0 Å². The summed E-state index contributed by atoms with van der Waals surface area (Å²) in [4.78, 5) is 21.7. The Bertz CT molecular complexity index is 578. The Morgan fingerprint density at radius 3 is 2.84 bits per heavy atom. The minimum atomic E-state index is -0.211. The number of H-pyrrole nitrogens is 1. The van der Waals surface area contributed by atoms with Crippen molar-refractivity contribution in [2.24, 2.45) is 16.5 Å². The molecule has 1 aromatic rings. The average molecular weight is 391 g/mol. The number of nitrogens with one attached hydrogen (secondary N) is 1. The molecule has 5 N–H and O–H groups in total. The number of hydrogen-bond donors (Lipinski definition) is 3. The topological polar surface area (TPSA) is 100 Å². The van der Waals surface area contributed by atoms with Crippen LogP contribution in [0.4, 0.5) is 0 Å². The summed E-state index contributed by atoms with van der Waals surface area (Å²) in [6.45, 7) is 0.758. The van der Waals surface area contributed by atoms with E-state index in [1.54, 1.807) is 0 Å². The molecule has 1 fully saturated rings. The molecule has 0 aromatic carbocycles. The molecular formula is C11H13Br2N5O. The molecule has 2 aliphatic heterocycles. The molecule has 3 heterocycles. The van der Waals surface area contributed by atoms with Gasteiger partial charge in [-0.3, -0.25) is 4.79 Å². The van der Waals surface area contributed by atoms with E-state index in [0.717, 1.165) is 34.0 Å². The summed E-state index contributed by atoms with van der Waals surface area (Å²) < 4.78 is 1.56. The zero-order chi connectivity index (χ0) is 13.7. The van der Waals surface area contributed by atoms with E-state index in [9.17, 15) is 4.79 Å². The van der Waals surface area contributed by atoms with Gasteiger partial charge in [-0.2, -0.15) is 0 Å². The Labute approximate surface area is 126 Å². The second kappa shape index (κ2) is 4.52. The van der Waals surface area contributed by atoms with Gasteiger partial charge in [0.2, 0.25) is 0 Å². The fraction of sp³-hybridized carbons (Fsp3) is 0.455. The smallest absolute Gasteiger partial charge is 0.271 e. The predicted octanol–water partition coefficient (Wildman–Crippen LogP) is 1.47. The molecule has 1 amide bonds. The van der Waals surface area contributed by atoms with E-state index in [4.69, 9.17) is 11.5 Å². The zero-order valence-corrected chi connectivity index (χ0v) is 13.2. The van der Waals surface area contributed by atoms with Gasteiger partial charge in [0.1, 0.15) is 11.7 Å². The molecule has 0 aliphatic carbocycles. The summed E-state index contributed by atoms with van der Waals surface area (Å²) in [7, 11) is 0. The maximum atomic E-state index is 12.4. The van der Waals surface area contributed by atoms with Gasteiger partial charge in [-0.25, -0.2) is 4.99 Å². The van der Waals surface area contributed by atoms with E-state index in [-0.39, 0.29) is 24.0 Å². The molecule has 3 rings (SSSR count). The number of rotatable bonds is 1. The van der Waals surface area contributed by atoms with E-state index in [2.05, 4.69) is 41.8 Å². The van der Waals surface area contributed by atoms with Crippen molar-refractivity contribution in [3.63, 3.8) is 0 Å². The first-order valence-electron chi connectivity index (χ1n) is 5.97. The Morgan fingerprint density at radius 1 is 1.42 bits per heavy atom. The highest BCUT2D eigenvalue weighted by molar-refractivity contribution is 9.13. The molecule has 6 nitrogen and oxygen atoms in total. The lowest BCUT2D eigenvalue weighted by Gasteiger charge is -2.34. The molecule has 102 valence electrons.